The van der Waals surface area contributed by atoms with Crippen molar-refractivity contribution in [2.75, 3.05) is 5.75 Å². The summed E-state index contributed by atoms with van der Waals surface area (Å²) in [5.74, 6) is -1.75. The molecule has 0 aromatic heterocycles. The van der Waals surface area contributed by atoms with Crippen LogP contribution in [0.1, 0.15) is 53.8 Å². The Labute approximate surface area is 173 Å². The topological polar surface area (TPSA) is 107 Å². The SMILES string of the molecule is CC1(C)C2CCC1(CS(=O)(=O)Oc1cc3ccccc3c3c1C(=O)NC3=O)C(=O)C2. The number of carbonyl (C=O) groups excluding carboxylic acids is 3. The van der Waals surface area contributed by atoms with Gasteiger partial charge in [0.15, 0.2) is 5.75 Å². The molecule has 1 aliphatic heterocycles. The predicted octanol–water partition coefficient (Wildman–Crippen LogP) is 2.83. The van der Waals surface area contributed by atoms with Crippen molar-refractivity contribution >= 4 is 38.5 Å². The van der Waals surface area contributed by atoms with E-state index in [1.165, 1.54) is 6.07 Å². The Morgan fingerprint density at radius 3 is 2.47 bits per heavy atom. The number of amides is 2. The fourth-order valence-corrected chi connectivity index (χ4v) is 7.40. The van der Waals surface area contributed by atoms with E-state index in [4.69, 9.17) is 4.18 Å². The molecule has 0 spiro atoms. The Morgan fingerprint density at radius 1 is 1.10 bits per heavy atom. The number of carbonyl (C=O) groups is 3. The third kappa shape index (κ3) is 2.43. The molecular weight excluding hydrogens is 406 g/mol. The molecule has 1 N–H and O–H groups in total. The number of Topliss-reactive ketones (excluding diaryl/α,β-unsaturated/α-hetero) is 1. The van der Waals surface area contributed by atoms with Crippen LogP contribution in [0.5, 0.6) is 5.75 Å². The Balaban J connectivity index is 1.58. The van der Waals surface area contributed by atoms with Gasteiger partial charge >= 0.3 is 10.1 Å². The third-order valence-corrected chi connectivity index (χ3v) is 8.75. The van der Waals surface area contributed by atoms with Gasteiger partial charge in [0.2, 0.25) is 0 Å². The summed E-state index contributed by atoms with van der Waals surface area (Å²) in [6.07, 6.45) is 1.72. The number of imide groups is 1. The van der Waals surface area contributed by atoms with Crippen LogP contribution in [0.2, 0.25) is 0 Å². The molecule has 8 heteroatoms. The lowest BCUT2D eigenvalue weighted by Crippen LogP contribution is -2.43. The highest BCUT2D eigenvalue weighted by Crippen LogP contribution is 2.64. The monoisotopic (exact) mass is 427 g/mol. The van der Waals surface area contributed by atoms with Gasteiger partial charge in [0.05, 0.1) is 22.3 Å². The molecule has 2 saturated carbocycles. The molecular formula is C22H21NO6S. The van der Waals surface area contributed by atoms with Gasteiger partial charge in [0.1, 0.15) is 5.78 Å². The first-order valence-electron chi connectivity index (χ1n) is 9.93. The highest BCUT2D eigenvalue weighted by molar-refractivity contribution is 7.87. The lowest BCUT2D eigenvalue weighted by atomic mass is 9.70. The van der Waals surface area contributed by atoms with Crippen LogP contribution >= 0.6 is 0 Å². The van der Waals surface area contributed by atoms with E-state index in [0.29, 0.717) is 23.6 Å². The molecule has 2 aromatic carbocycles. The Kier molecular flexibility index (Phi) is 3.79. The third-order valence-electron chi connectivity index (χ3n) is 7.47. The molecule has 2 amide bonds. The van der Waals surface area contributed by atoms with E-state index in [0.717, 1.165) is 6.42 Å². The van der Waals surface area contributed by atoms with Crippen LogP contribution in [0.4, 0.5) is 0 Å². The first kappa shape index (κ1) is 19.2. The van der Waals surface area contributed by atoms with Crippen LogP contribution in [0.15, 0.2) is 30.3 Å². The molecule has 2 fully saturated rings. The van der Waals surface area contributed by atoms with Gasteiger partial charge in [-0.25, -0.2) is 0 Å². The minimum absolute atomic E-state index is 0.0346. The van der Waals surface area contributed by atoms with E-state index in [9.17, 15) is 22.8 Å². The number of hydrogen-bond acceptors (Lipinski definition) is 6. The normalized spacial score (nSPS) is 26.9. The lowest BCUT2D eigenvalue weighted by Gasteiger charge is -2.35. The maximum absolute atomic E-state index is 13.1. The fraction of sp³-hybridized carbons (Fsp3) is 0.409. The second-order valence-electron chi connectivity index (χ2n) is 9.08. The van der Waals surface area contributed by atoms with Crippen LogP contribution in [0.3, 0.4) is 0 Å². The van der Waals surface area contributed by atoms with Gasteiger partial charge in [0.25, 0.3) is 11.8 Å². The molecule has 2 bridgehead atoms. The standard InChI is InChI=1S/C22H21NO6S/c1-21(2)13-7-8-22(21,16(24)10-13)11-30(27,28)29-15-9-12-5-3-4-6-14(12)17-18(15)20(26)23-19(17)25/h3-6,9,13H,7-8,10-11H2,1-2H3,(H,23,25,26). The quantitative estimate of drug-likeness (QED) is 0.594. The highest BCUT2D eigenvalue weighted by Gasteiger charge is 2.65. The van der Waals surface area contributed by atoms with Crippen molar-refractivity contribution in [2.45, 2.75) is 33.1 Å². The second kappa shape index (κ2) is 5.91. The zero-order valence-electron chi connectivity index (χ0n) is 16.7. The van der Waals surface area contributed by atoms with Gasteiger partial charge in [-0.05, 0) is 41.0 Å². The Hall–Kier alpha value is -2.74. The highest BCUT2D eigenvalue weighted by atomic mass is 32.2. The number of fused-ring (bicyclic) bond motifs is 5. The second-order valence-corrected chi connectivity index (χ2v) is 10.7. The zero-order chi connectivity index (χ0) is 21.5. The molecule has 2 unspecified atom stereocenters. The maximum atomic E-state index is 13.1. The molecule has 30 heavy (non-hydrogen) atoms. The number of ketones is 1. The van der Waals surface area contributed by atoms with E-state index < -0.39 is 38.5 Å². The Bertz CT molecular complexity index is 1260. The minimum atomic E-state index is -4.21. The van der Waals surface area contributed by atoms with Crippen LogP contribution in [-0.4, -0.2) is 31.8 Å². The van der Waals surface area contributed by atoms with Crippen molar-refractivity contribution in [3.8, 4) is 5.75 Å². The van der Waals surface area contributed by atoms with E-state index in [2.05, 4.69) is 5.32 Å². The summed E-state index contributed by atoms with van der Waals surface area (Å²) < 4.78 is 31.6. The van der Waals surface area contributed by atoms with Crippen molar-refractivity contribution in [1.29, 1.82) is 0 Å². The summed E-state index contributed by atoms with van der Waals surface area (Å²) in [6, 6.07) is 8.36. The van der Waals surface area contributed by atoms with Gasteiger partial charge in [-0.2, -0.15) is 8.42 Å². The molecule has 2 aliphatic carbocycles. The van der Waals surface area contributed by atoms with E-state index in [1.807, 2.05) is 13.8 Å². The predicted molar refractivity (Wildman–Crippen MR) is 109 cm³/mol. The minimum Gasteiger partial charge on any atom is -0.381 e. The summed E-state index contributed by atoms with van der Waals surface area (Å²) in [7, 11) is -4.21. The number of rotatable bonds is 4. The van der Waals surface area contributed by atoms with Gasteiger partial charge in [-0.3, -0.25) is 19.7 Å². The maximum Gasteiger partial charge on any atom is 0.310 e. The van der Waals surface area contributed by atoms with Crippen LogP contribution < -0.4 is 9.50 Å². The largest absolute Gasteiger partial charge is 0.381 e. The van der Waals surface area contributed by atoms with Crippen LogP contribution in [0.25, 0.3) is 10.8 Å². The summed E-state index contributed by atoms with van der Waals surface area (Å²) in [4.78, 5) is 37.5. The number of hydrogen-bond donors (Lipinski definition) is 1. The van der Waals surface area contributed by atoms with Gasteiger partial charge in [0, 0.05) is 6.42 Å². The summed E-state index contributed by atoms with van der Waals surface area (Å²) >= 11 is 0. The summed E-state index contributed by atoms with van der Waals surface area (Å²) in [6.45, 7) is 3.90. The van der Waals surface area contributed by atoms with Crippen molar-refractivity contribution < 1.29 is 27.0 Å². The van der Waals surface area contributed by atoms with E-state index in [-0.39, 0.29) is 28.6 Å². The summed E-state index contributed by atoms with van der Waals surface area (Å²) in [5.41, 5.74) is -1.38. The van der Waals surface area contributed by atoms with Crippen molar-refractivity contribution in [2.24, 2.45) is 16.7 Å². The number of nitrogens with one attached hydrogen (secondary N) is 1. The van der Waals surface area contributed by atoms with Gasteiger partial charge in [-0.15, -0.1) is 0 Å². The van der Waals surface area contributed by atoms with Gasteiger partial charge < -0.3 is 4.18 Å². The Morgan fingerprint density at radius 2 is 1.80 bits per heavy atom. The average Bonchev–Trinajstić information content (AvgIpc) is 3.16. The van der Waals surface area contributed by atoms with Crippen molar-refractivity contribution in [3.05, 3.63) is 41.5 Å². The molecule has 2 atom stereocenters. The average molecular weight is 427 g/mol. The molecule has 3 aliphatic rings. The molecule has 1 heterocycles. The first-order valence-corrected chi connectivity index (χ1v) is 11.5. The fourth-order valence-electron chi connectivity index (χ4n) is 5.65. The van der Waals surface area contributed by atoms with E-state index in [1.54, 1.807) is 24.3 Å². The van der Waals surface area contributed by atoms with Gasteiger partial charge in [-0.1, -0.05) is 38.1 Å². The van der Waals surface area contributed by atoms with Crippen LogP contribution in [0, 0.1) is 16.7 Å². The van der Waals surface area contributed by atoms with Crippen molar-refractivity contribution in [3.63, 3.8) is 0 Å². The van der Waals surface area contributed by atoms with E-state index >= 15 is 0 Å². The first-order chi connectivity index (χ1) is 14.1. The summed E-state index contributed by atoms with van der Waals surface area (Å²) in [5, 5.41) is 3.34. The molecule has 2 aromatic rings. The molecule has 156 valence electrons. The molecule has 0 saturated heterocycles. The lowest BCUT2D eigenvalue weighted by molar-refractivity contribution is -0.128. The molecule has 7 nitrogen and oxygen atoms in total. The zero-order valence-corrected chi connectivity index (χ0v) is 17.5. The molecule has 0 radical (unpaired) electrons. The number of benzene rings is 2. The molecule has 5 rings (SSSR count). The smallest absolute Gasteiger partial charge is 0.310 e. The van der Waals surface area contributed by atoms with Crippen molar-refractivity contribution in [1.82, 2.24) is 5.32 Å². The van der Waals surface area contributed by atoms with Crippen LogP contribution in [-0.2, 0) is 14.9 Å².